The van der Waals surface area contributed by atoms with Crippen LogP contribution < -0.4 is 10.1 Å². The summed E-state index contributed by atoms with van der Waals surface area (Å²) < 4.78 is 10.6. The maximum Gasteiger partial charge on any atom is 0.218 e. The van der Waals surface area contributed by atoms with Gasteiger partial charge in [0.15, 0.2) is 0 Å². The normalized spacial score (nSPS) is 10.1. The van der Waals surface area contributed by atoms with E-state index >= 15 is 0 Å². The number of aromatic nitrogens is 2. The molecule has 0 radical (unpaired) electrons. The molecule has 1 rings (SSSR count). The topological polar surface area (TPSA) is 56.3 Å². The number of hydrogen-bond acceptors (Lipinski definition) is 5. The van der Waals surface area contributed by atoms with Crippen LogP contribution in [-0.4, -0.2) is 36.3 Å². The monoisotopic (exact) mass is 225 g/mol. The van der Waals surface area contributed by atoms with Gasteiger partial charge in [-0.15, -0.1) is 0 Å². The predicted molar refractivity (Wildman–Crippen MR) is 62.8 cm³/mol. The minimum Gasteiger partial charge on any atom is -0.478 e. The van der Waals surface area contributed by atoms with Crippen molar-refractivity contribution in [2.45, 2.75) is 20.3 Å². The molecule has 0 aromatic carbocycles. The zero-order valence-corrected chi connectivity index (χ0v) is 9.90. The Morgan fingerprint density at radius 3 is 2.88 bits per heavy atom. The minimum atomic E-state index is 0.607. The fourth-order valence-electron chi connectivity index (χ4n) is 1.12. The Hall–Kier alpha value is -1.36. The van der Waals surface area contributed by atoms with Crippen molar-refractivity contribution in [3.8, 4) is 5.88 Å². The van der Waals surface area contributed by atoms with Crippen LogP contribution in [0.5, 0.6) is 5.88 Å². The van der Waals surface area contributed by atoms with E-state index in [1.165, 1.54) is 6.33 Å². The van der Waals surface area contributed by atoms with E-state index in [9.17, 15) is 0 Å². The predicted octanol–water partition coefficient (Wildman–Crippen LogP) is 1.71. The molecule has 16 heavy (non-hydrogen) atoms. The lowest BCUT2D eigenvalue weighted by Crippen LogP contribution is -2.10. The van der Waals surface area contributed by atoms with Crippen LogP contribution in [0.4, 0.5) is 5.82 Å². The number of anilines is 1. The van der Waals surface area contributed by atoms with Crippen LogP contribution in [0.25, 0.3) is 0 Å². The van der Waals surface area contributed by atoms with Crippen molar-refractivity contribution in [1.82, 2.24) is 9.97 Å². The summed E-state index contributed by atoms with van der Waals surface area (Å²) >= 11 is 0. The number of ether oxygens (including phenoxy) is 2. The molecule has 0 spiro atoms. The first kappa shape index (κ1) is 12.7. The Balaban J connectivity index is 2.35. The lowest BCUT2D eigenvalue weighted by atomic mass is 10.5. The minimum absolute atomic E-state index is 0.607. The average molecular weight is 225 g/mol. The third-order valence-corrected chi connectivity index (χ3v) is 1.85. The first-order valence-corrected chi connectivity index (χ1v) is 5.63. The van der Waals surface area contributed by atoms with Crippen LogP contribution >= 0.6 is 0 Å². The van der Waals surface area contributed by atoms with Gasteiger partial charge in [0.2, 0.25) is 5.88 Å². The molecule has 0 fully saturated rings. The average Bonchev–Trinajstić information content (AvgIpc) is 2.33. The third kappa shape index (κ3) is 4.93. The highest BCUT2D eigenvalue weighted by Crippen LogP contribution is 2.10. The maximum atomic E-state index is 5.40. The van der Waals surface area contributed by atoms with Crippen molar-refractivity contribution >= 4 is 5.82 Å². The van der Waals surface area contributed by atoms with Crippen LogP contribution in [0, 0.1) is 0 Å². The Kier molecular flexibility index (Phi) is 6.25. The smallest absolute Gasteiger partial charge is 0.218 e. The van der Waals surface area contributed by atoms with Crippen LogP contribution in [-0.2, 0) is 4.74 Å². The van der Waals surface area contributed by atoms with E-state index in [4.69, 9.17) is 9.47 Å². The van der Waals surface area contributed by atoms with Crippen LogP contribution in [0.1, 0.15) is 20.3 Å². The van der Waals surface area contributed by atoms with Crippen LogP contribution in [0.2, 0.25) is 0 Å². The summed E-state index contributed by atoms with van der Waals surface area (Å²) in [4.78, 5) is 8.10. The molecule has 0 aliphatic carbocycles. The summed E-state index contributed by atoms with van der Waals surface area (Å²) in [5, 5.41) is 3.14. The lowest BCUT2D eigenvalue weighted by molar-refractivity contribution is 0.158. The van der Waals surface area contributed by atoms with Gasteiger partial charge in [0.05, 0.1) is 13.2 Å². The van der Waals surface area contributed by atoms with E-state index in [1.807, 2.05) is 6.92 Å². The van der Waals surface area contributed by atoms with Crippen molar-refractivity contribution in [3.63, 3.8) is 0 Å². The first-order chi connectivity index (χ1) is 7.86. The second-order valence-electron chi connectivity index (χ2n) is 3.21. The van der Waals surface area contributed by atoms with E-state index in [1.54, 1.807) is 6.07 Å². The van der Waals surface area contributed by atoms with Gasteiger partial charge in [-0.25, -0.2) is 9.97 Å². The molecule has 0 aliphatic heterocycles. The molecule has 0 saturated carbocycles. The number of hydrogen-bond donors (Lipinski definition) is 1. The number of nitrogens with zero attached hydrogens (tertiary/aromatic N) is 2. The van der Waals surface area contributed by atoms with Crippen molar-refractivity contribution < 1.29 is 9.47 Å². The Morgan fingerprint density at radius 2 is 2.12 bits per heavy atom. The molecular weight excluding hydrogens is 206 g/mol. The molecule has 0 saturated heterocycles. The van der Waals surface area contributed by atoms with Crippen LogP contribution in [0.3, 0.4) is 0 Å². The second-order valence-corrected chi connectivity index (χ2v) is 3.21. The summed E-state index contributed by atoms with van der Waals surface area (Å²) in [5.41, 5.74) is 0. The Morgan fingerprint density at radius 1 is 1.25 bits per heavy atom. The van der Waals surface area contributed by atoms with Gasteiger partial charge in [0, 0.05) is 19.2 Å². The Bertz CT molecular complexity index is 294. The molecule has 1 aromatic heterocycles. The first-order valence-electron chi connectivity index (χ1n) is 5.63. The summed E-state index contributed by atoms with van der Waals surface area (Å²) in [6, 6.07) is 1.79. The van der Waals surface area contributed by atoms with Gasteiger partial charge in [-0.05, 0) is 13.3 Å². The van der Waals surface area contributed by atoms with Gasteiger partial charge >= 0.3 is 0 Å². The summed E-state index contributed by atoms with van der Waals surface area (Å²) in [5.74, 6) is 1.37. The highest BCUT2D eigenvalue weighted by Gasteiger charge is 1.98. The quantitative estimate of drug-likeness (QED) is 0.683. The highest BCUT2D eigenvalue weighted by atomic mass is 16.5. The molecule has 0 bridgehead atoms. The van der Waals surface area contributed by atoms with Gasteiger partial charge in [-0.1, -0.05) is 6.92 Å². The molecule has 1 heterocycles. The third-order valence-electron chi connectivity index (χ3n) is 1.85. The molecule has 0 atom stereocenters. The van der Waals surface area contributed by atoms with E-state index in [2.05, 4.69) is 22.2 Å². The van der Waals surface area contributed by atoms with E-state index in [-0.39, 0.29) is 0 Å². The lowest BCUT2D eigenvalue weighted by Gasteiger charge is -2.07. The van der Waals surface area contributed by atoms with Crippen LogP contribution in [0.15, 0.2) is 12.4 Å². The summed E-state index contributed by atoms with van der Waals surface area (Å²) in [6.45, 7) is 6.85. The number of rotatable bonds is 8. The van der Waals surface area contributed by atoms with E-state index < -0.39 is 0 Å². The molecule has 1 aromatic rings. The molecule has 1 N–H and O–H groups in total. The zero-order chi connectivity index (χ0) is 11.6. The molecule has 5 nitrogen and oxygen atoms in total. The van der Waals surface area contributed by atoms with E-state index in [0.717, 1.165) is 25.4 Å². The van der Waals surface area contributed by atoms with Crippen molar-refractivity contribution in [2.75, 3.05) is 31.7 Å². The molecular formula is C11H19N3O2. The standard InChI is InChI=1S/C11H19N3O2/c1-3-6-16-11-8-10(13-9-14-11)12-5-7-15-4-2/h8-9H,3-7H2,1-2H3,(H,12,13,14). The molecule has 0 aliphatic rings. The molecule has 0 amide bonds. The largest absolute Gasteiger partial charge is 0.478 e. The van der Waals surface area contributed by atoms with Gasteiger partial charge in [0.25, 0.3) is 0 Å². The molecule has 90 valence electrons. The highest BCUT2D eigenvalue weighted by molar-refractivity contribution is 5.36. The van der Waals surface area contributed by atoms with Crippen molar-refractivity contribution in [2.24, 2.45) is 0 Å². The number of nitrogens with one attached hydrogen (secondary N) is 1. The summed E-state index contributed by atoms with van der Waals surface area (Å²) in [7, 11) is 0. The fraction of sp³-hybridized carbons (Fsp3) is 0.636. The molecule has 0 unspecified atom stereocenters. The fourth-order valence-corrected chi connectivity index (χ4v) is 1.12. The second kappa shape index (κ2) is 7.87. The van der Waals surface area contributed by atoms with E-state index in [0.29, 0.717) is 19.1 Å². The van der Waals surface area contributed by atoms with Crippen molar-refractivity contribution in [1.29, 1.82) is 0 Å². The van der Waals surface area contributed by atoms with Gasteiger partial charge in [0.1, 0.15) is 12.1 Å². The van der Waals surface area contributed by atoms with Gasteiger partial charge < -0.3 is 14.8 Å². The molecule has 5 heteroatoms. The summed E-state index contributed by atoms with van der Waals surface area (Å²) in [6.07, 6.45) is 2.46. The van der Waals surface area contributed by atoms with Crippen molar-refractivity contribution in [3.05, 3.63) is 12.4 Å². The van der Waals surface area contributed by atoms with Gasteiger partial charge in [-0.3, -0.25) is 0 Å². The maximum absolute atomic E-state index is 5.40. The Labute approximate surface area is 96.2 Å². The SMILES string of the molecule is CCCOc1cc(NCCOCC)ncn1. The van der Waals surface area contributed by atoms with Gasteiger partial charge in [-0.2, -0.15) is 0 Å². The zero-order valence-electron chi connectivity index (χ0n) is 9.90.